The zero-order chi connectivity index (χ0) is 12.9. The standard InChI is InChI=1S/C13H26N2OS/c1-10-6-4-5-7-11(10)15-12(16)8-17-9-13(2,3)14/h10-11H,4-9,14H2,1-3H3,(H,15,16). The van der Waals surface area contributed by atoms with Crippen LogP contribution in [0.2, 0.25) is 0 Å². The fourth-order valence-electron chi connectivity index (χ4n) is 2.19. The molecule has 3 N–H and O–H groups in total. The van der Waals surface area contributed by atoms with Gasteiger partial charge in [-0.2, -0.15) is 11.8 Å². The Labute approximate surface area is 109 Å². The van der Waals surface area contributed by atoms with E-state index in [4.69, 9.17) is 5.73 Å². The van der Waals surface area contributed by atoms with E-state index >= 15 is 0 Å². The first-order chi connectivity index (χ1) is 7.88. The minimum absolute atomic E-state index is 0.165. The van der Waals surface area contributed by atoms with Crippen molar-refractivity contribution < 1.29 is 4.79 Å². The molecule has 1 amide bonds. The quantitative estimate of drug-likeness (QED) is 0.794. The monoisotopic (exact) mass is 258 g/mol. The van der Waals surface area contributed by atoms with Gasteiger partial charge in [-0.05, 0) is 32.6 Å². The molecule has 2 atom stereocenters. The molecule has 1 saturated carbocycles. The number of nitrogens with one attached hydrogen (secondary N) is 1. The second kappa shape index (κ2) is 6.64. The van der Waals surface area contributed by atoms with Crippen LogP contribution in [0.1, 0.15) is 46.5 Å². The van der Waals surface area contributed by atoms with Gasteiger partial charge >= 0.3 is 0 Å². The normalized spacial score (nSPS) is 25.6. The Balaban J connectivity index is 2.20. The summed E-state index contributed by atoms with van der Waals surface area (Å²) in [6.45, 7) is 6.21. The van der Waals surface area contributed by atoms with Gasteiger partial charge in [0.05, 0.1) is 5.75 Å². The van der Waals surface area contributed by atoms with Gasteiger partial charge in [-0.15, -0.1) is 0 Å². The molecule has 0 aromatic carbocycles. The minimum atomic E-state index is -0.191. The van der Waals surface area contributed by atoms with Crippen LogP contribution in [0.4, 0.5) is 0 Å². The molecular weight excluding hydrogens is 232 g/mol. The van der Waals surface area contributed by atoms with Crippen molar-refractivity contribution >= 4 is 17.7 Å². The molecule has 4 heteroatoms. The van der Waals surface area contributed by atoms with Crippen molar-refractivity contribution in [3.63, 3.8) is 0 Å². The molecule has 1 aliphatic carbocycles. The second-order valence-electron chi connectivity index (χ2n) is 5.92. The molecule has 1 aliphatic rings. The Morgan fingerprint density at radius 3 is 2.65 bits per heavy atom. The summed E-state index contributed by atoms with van der Waals surface area (Å²) in [7, 11) is 0. The summed E-state index contributed by atoms with van der Waals surface area (Å²) in [4.78, 5) is 11.8. The lowest BCUT2D eigenvalue weighted by Crippen LogP contribution is -2.42. The maximum atomic E-state index is 11.8. The van der Waals surface area contributed by atoms with Gasteiger partial charge in [0.2, 0.25) is 5.91 Å². The van der Waals surface area contributed by atoms with Gasteiger partial charge in [0.1, 0.15) is 0 Å². The summed E-state index contributed by atoms with van der Waals surface area (Å²) < 4.78 is 0. The molecule has 3 nitrogen and oxygen atoms in total. The predicted octanol–water partition coefficient (Wildman–Crippen LogP) is 2.15. The number of amides is 1. The molecule has 0 heterocycles. The smallest absolute Gasteiger partial charge is 0.230 e. The topological polar surface area (TPSA) is 55.1 Å². The highest BCUT2D eigenvalue weighted by molar-refractivity contribution is 8.00. The van der Waals surface area contributed by atoms with E-state index < -0.39 is 0 Å². The van der Waals surface area contributed by atoms with Crippen LogP contribution in [0, 0.1) is 5.92 Å². The Bertz CT molecular complexity index is 250. The highest BCUT2D eigenvalue weighted by Gasteiger charge is 2.22. The van der Waals surface area contributed by atoms with Crippen LogP contribution in [0.25, 0.3) is 0 Å². The van der Waals surface area contributed by atoms with E-state index in [2.05, 4.69) is 12.2 Å². The zero-order valence-corrected chi connectivity index (χ0v) is 12.1. The Morgan fingerprint density at radius 2 is 2.06 bits per heavy atom. The molecular formula is C13H26N2OS. The highest BCUT2D eigenvalue weighted by Crippen LogP contribution is 2.23. The van der Waals surface area contributed by atoms with E-state index in [0.717, 1.165) is 12.2 Å². The molecule has 1 fully saturated rings. The first-order valence-electron chi connectivity index (χ1n) is 6.54. The van der Waals surface area contributed by atoms with E-state index in [9.17, 15) is 4.79 Å². The van der Waals surface area contributed by atoms with Gasteiger partial charge in [0.25, 0.3) is 0 Å². The summed E-state index contributed by atoms with van der Waals surface area (Å²) >= 11 is 1.62. The van der Waals surface area contributed by atoms with Crippen LogP contribution >= 0.6 is 11.8 Å². The first kappa shape index (κ1) is 14.8. The van der Waals surface area contributed by atoms with Crippen LogP contribution in [0.5, 0.6) is 0 Å². The number of carbonyl (C=O) groups is 1. The van der Waals surface area contributed by atoms with Crippen LogP contribution in [0.15, 0.2) is 0 Å². The Hall–Kier alpha value is -0.220. The molecule has 2 unspecified atom stereocenters. The second-order valence-corrected chi connectivity index (χ2v) is 6.90. The molecule has 100 valence electrons. The van der Waals surface area contributed by atoms with Crippen molar-refractivity contribution in [2.24, 2.45) is 11.7 Å². The van der Waals surface area contributed by atoms with Crippen LogP contribution in [-0.2, 0) is 4.79 Å². The van der Waals surface area contributed by atoms with E-state index in [1.54, 1.807) is 11.8 Å². The SMILES string of the molecule is CC1CCCCC1NC(=O)CSCC(C)(C)N. The number of nitrogens with two attached hydrogens (primary N) is 1. The first-order valence-corrected chi connectivity index (χ1v) is 7.70. The zero-order valence-electron chi connectivity index (χ0n) is 11.3. The molecule has 0 aromatic heterocycles. The molecule has 0 saturated heterocycles. The molecule has 1 rings (SSSR count). The molecule has 17 heavy (non-hydrogen) atoms. The molecule has 0 radical (unpaired) electrons. The van der Waals surface area contributed by atoms with Gasteiger partial charge in [0, 0.05) is 17.3 Å². The van der Waals surface area contributed by atoms with E-state index in [1.807, 2.05) is 13.8 Å². The van der Waals surface area contributed by atoms with Crippen molar-refractivity contribution in [1.29, 1.82) is 0 Å². The largest absolute Gasteiger partial charge is 0.352 e. The fourth-order valence-corrected chi connectivity index (χ4v) is 3.08. The molecule has 0 aromatic rings. The summed E-state index contributed by atoms with van der Waals surface area (Å²) in [6.07, 6.45) is 4.94. The third kappa shape index (κ3) is 6.32. The van der Waals surface area contributed by atoms with Crippen molar-refractivity contribution in [3.8, 4) is 0 Å². The lowest BCUT2D eigenvalue weighted by molar-refractivity contribution is -0.119. The minimum Gasteiger partial charge on any atom is -0.352 e. The van der Waals surface area contributed by atoms with E-state index in [1.165, 1.54) is 19.3 Å². The van der Waals surface area contributed by atoms with Crippen molar-refractivity contribution in [3.05, 3.63) is 0 Å². The van der Waals surface area contributed by atoms with Gasteiger partial charge in [-0.25, -0.2) is 0 Å². The van der Waals surface area contributed by atoms with Crippen molar-refractivity contribution in [2.45, 2.75) is 58.0 Å². The Kier molecular flexibility index (Phi) is 5.80. The average Bonchev–Trinajstić information content (AvgIpc) is 2.19. The number of hydrogen-bond acceptors (Lipinski definition) is 3. The van der Waals surface area contributed by atoms with E-state index in [-0.39, 0.29) is 11.4 Å². The summed E-state index contributed by atoms with van der Waals surface area (Å²) in [5, 5.41) is 3.15. The lowest BCUT2D eigenvalue weighted by atomic mass is 9.86. The molecule has 0 bridgehead atoms. The third-order valence-corrected chi connectivity index (χ3v) is 4.58. The van der Waals surface area contributed by atoms with Crippen molar-refractivity contribution in [2.75, 3.05) is 11.5 Å². The summed E-state index contributed by atoms with van der Waals surface area (Å²) in [6, 6.07) is 0.391. The van der Waals surface area contributed by atoms with Crippen LogP contribution < -0.4 is 11.1 Å². The van der Waals surface area contributed by atoms with Crippen LogP contribution in [-0.4, -0.2) is 29.0 Å². The maximum Gasteiger partial charge on any atom is 0.230 e. The number of rotatable bonds is 5. The summed E-state index contributed by atoms with van der Waals surface area (Å²) in [5.41, 5.74) is 5.68. The van der Waals surface area contributed by atoms with E-state index in [0.29, 0.717) is 17.7 Å². The van der Waals surface area contributed by atoms with Gasteiger partial charge < -0.3 is 11.1 Å². The number of thioether (sulfide) groups is 1. The van der Waals surface area contributed by atoms with Gasteiger partial charge in [0.15, 0.2) is 0 Å². The van der Waals surface area contributed by atoms with Crippen LogP contribution in [0.3, 0.4) is 0 Å². The number of carbonyl (C=O) groups excluding carboxylic acids is 1. The van der Waals surface area contributed by atoms with Gasteiger partial charge in [-0.1, -0.05) is 19.8 Å². The Morgan fingerprint density at radius 1 is 1.41 bits per heavy atom. The lowest BCUT2D eigenvalue weighted by Gasteiger charge is -2.29. The highest BCUT2D eigenvalue weighted by atomic mass is 32.2. The maximum absolute atomic E-state index is 11.8. The number of hydrogen-bond donors (Lipinski definition) is 2. The van der Waals surface area contributed by atoms with Gasteiger partial charge in [-0.3, -0.25) is 4.79 Å². The van der Waals surface area contributed by atoms with Crippen molar-refractivity contribution in [1.82, 2.24) is 5.32 Å². The average molecular weight is 258 g/mol. The molecule has 0 spiro atoms. The predicted molar refractivity (Wildman–Crippen MR) is 75.2 cm³/mol. The summed E-state index contributed by atoms with van der Waals surface area (Å²) in [5.74, 6) is 2.14. The third-order valence-electron chi connectivity index (χ3n) is 3.17. The molecule has 0 aliphatic heterocycles. The fraction of sp³-hybridized carbons (Fsp3) is 0.923.